The van der Waals surface area contributed by atoms with Gasteiger partial charge in [0.1, 0.15) is 22.1 Å². The Morgan fingerprint density at radius 1 is 1.00 bits per heavy atom. The van der Waals surface area contributed by atoms with Crippen molar-refractivity contribution in [2.45, 2.75) is 40.5 Å². The van der Waals surface area contributed by atoms with E-state index in [9.17, 15) is 9.59 Å². The molecule has 1 N–H and O–H groups in total. The normalized spacial score (nSPS) is 10.6. The molecule has 0 aliphatic carbocycles. The van der Waals surface area contributed by atoms with E-state index in [1.807, 2.05) is 70.2 Å². The minimum atomic E-state index is -0.484. The monoisotopic (exact) mass is 481 g/mol. The van der Waals surface area contributed by atoms with Crippen molar-refractivity contribution in [3.8, 4) is 22.6 Å². The molecule has 0 bridgehead atoms. The molecule has 0 saturated heterocycles. The third kappa shape index (κ3) is 6.17. The van der Waals surface area contributed by atoms with Crippen molar-refractivity contribution in [3.05, 3.63) is 64.0 Å². The molecule has 180 valence electrons. The number of rotatable bonds is 10. The number of carbonyl (C=O) groups excluding carboxylic acids is 2. The first-order valence-corrected chi connectivity index (χ1v) is 12.1. The van der Waals surface area contributed by atoms with E-state index >= 15 is 0 Å². The first-order chi connectivity index (χ1) is 16.3. The third-order valence-electron chi connectivity index (χ3n) is 5.33. The molecule has 1 amide bonds. The first-order valence-electron chi connectivity index (χ1n) is 11.3. The van der Waals surface area contributed by atoms with Crippen LogP contribution in [-0.4, -0.2) is 32.2 Å². The number of hydrogen-bond donors (Lipinski definition) is 1. The Morgan fingerprint density at radius 3 is 2.41 bits per heavy atom. The Morgan fingerprint density at radius 2 is 1.74 bits per heavy atom. The van der Waals surface area contributed by atoms with Gasteiger partial charge in [-0.15, -0.1) is 11.3 Å². The zero-order valence-electron chi connectivity index (χ0n) is 20.3. The number of thiophene rings is 1. The number of anilines is 1. The summed E-state index contributed by atoms with van der Waals surface area (Å²) in [6, 6.07) is 13.6. The summed E-state index contributed by atoms with van der Waals surface area (Å²) in [7, 11) is 1.34. The molecule has 0 unspecified atom stereocenters. The Kier molecular flexibility index (Phi) is 8.71. The number of esters is 1. The largest absolute Gasteiger partial charge is 0.494 e. The van der Waals surface area contributed by atoms with Crippen LogP contribution in [-0.2, 0) is 9.53 Å². The van der Waals surface area contributed by atoms with Crippen LogP contribution in [0, 0.1) is 20.8 Å². The van der Waals surface area contributed by atoms with Gasteiger partial charge in [0.05, 0.1) is 20.3 Å². The highest BCUT2D eigenvalue weighted by molar-refractivity contribution is 7.17. The standard InChI is InChI=1S/C27H31NO5S/c1-6-32-21-13-11-20(12-14-21)24-19(4)34-26(25(24)27(30)31-5)28-23(29)8-7-15-33-22-16-17(2)9-10-18(22)3/h9-14,16H,6-8,15H2,1-5H3,(H,28,29). The Labute approximate surface area is 204 Å². The molecule has 0 aliphatic heterocycles. The second-order valence-corrected chi connectivity index (χ2v) is 9.18. The lowest BCUT2D eigenvalue weighted by atomic mass is 10.0. The van der Waals surface area contributed by atoms with Gasteiger partial charge in [0, 0.05) is 16.9 Å². The molecule has 1 aromatic heterocycles. The van der Waals surface area contributed by atoms with Gasteiger partial charge in [-0.25, -0.2) is 4.79 Å². The third-order valence-corrected chi connectivity index (χ3v) is 6.35. The van der Waals surface area contributed by atoms with Crippen LogP contribution in [0.5, 0.6) is 11.5 Å². The van der Waals surface area contributed by atoms with E-state index in [4.69, 9.17) is 14.2 Å². The molecule has 1 heterocycles. The summed E-state index contributed by atoms with van der Waals surface area (Å²) in [5, 5.41) is 3.40. The summed E-state index contributed by atoms with van der Waals surface area (Å²) >= 11 is 1.37. The molecule has 34 heavy (non-hydrogen) atoms. The lowest BCUT2D eigenvalue weighted by molar-refractivity contribution is -0.116. The number of amides is 1. The summed E-state index contributed by atoms with van der Waals surface area (Å²) in [6.45, 7) is 8.88. The van der Waals surface area contributed by atoms with Crippen molar-refractivity contribution in [2.75, 3.05) is 25.6 Å². The van der Waals surface area contributed by atoms with Crippen LogP contribution >= 0.6 is 11.3 Å². The van der Waals surface area contributed by atoms with Crippen LogP contribution in [0.2, 0.25) is 0 Å². The van der Waals surface area contributed by atoms with Gasteiger partial charge in [-0.05, 0) is 69.0 Å². The number of nitrogens with one attached hydrogen (secondary N) is 1. The number of benzene rings is 2. The minimum Gasteiger partial charge on any atom is -0.494 e. The van der Waals surface area contributed by atoms with Crippen LogP contribution in [0.1, 0.15) is 46.1 Å². The maximum absolute atomic E-state index is 12.7. The number of hydrogen-bond acceptors (Lipinski definition) is 6. The molecule has 7 heteroatoms. The van der Waals surface area contributed by atoms with Crippen LogP contribution in [0.4, 0.5) is 5.00 Å². The van der Waals surface area contributed by atoms with Gasteiger partial charge in [-0.2, -0.15) is 0 Å². The summed E-state index contributed by atoms with van der Waals surface area (Å²) < 4.78 is 16.4. The summed E-state index contributed by atoms with van der Waals surface area (Å²) in [5.74, 6) is 0.939. The lowest BCUT2D eigenvalue weighted by Gasteiger charge is -2.11. The average molecular weight is 482 g/mol. The van der Waals surface area contributed by atoms with Crippen molar-refractivity contribution >= 4 is 28.2 Å². The maximum Gasteiger partial charge on any atom is 0.341 e. The number of aryl methyl sites for hydroxylation is 3. The van der Waals surface area contributed by atoms with Gasteiger partial charge in [0.15, 0.2) is 0 Å². The van der Waals surface area contributed by atoms with Crippen LogP contribution in [0.15, 0.2) is 42.5 Å². The zero-order valence-corrected chi connectivity index (χ0v) is 21.1. The Hall–Kier alpha value is -3.32. The molecular formula is C27H31NO5S. The van der Waals surface area contributed by atoms with E-state index in [-0.39, 0.29) is 12.3 Å². The fourth-order valence-corrected chi connectivity index (χ4v) is 4.71. The molecule has 0 spiro atoms. The highest BCUT2D eigenvalue weighted by Crippen LogP contribution is 2.40. The van der Waals surface area contributed by atoms with Crippen molar-refractivity contribution in [3.63, 3.8) is 0 Å². The maximum atomic E-state index is 12.7. The zero-order chi connectivity index (χ0) is 24.7. The van der Waals surface area contributed by atoms with E-state index in [1.54, 1.807) is 0 Å². The highest BCUT2D eigenvalue weighted by Gasteiger charge is 2.25. The Bertz CT molecular complexity index is 1150. The van der Waals surface area contributed by atoms with Crippen molar-refractivity contribution in [2.24, 2.45) is 0 Å². The quantitative estimate of drug-likeness (QED) is 0.271. The minimum absolute atomic E-state index is 0.172. The van der Waals surface area contributed by atoms with Gasteiger partial charge in [0.25, 0.3) is 0 Å². The van der Waals surface area contributed by atoms with Crippen LogP contribution in [0.25, 0.3) is 11.1 Å². The van der Waals surface area contributed by atoms with Gasteiger partial charge < -0.3 is 19.5 Å². The predicted octanol–water partition coefficient (Wildman–Crippen LogP) is 6.32. The molecule has 2 aromatic carbocycles. The fraction of sp³-hybridized carbons (Fsp3) is 0.333. The van der Waals surface area contributed by atoms with Crippen LogP contribution in [0.3, 0.4) is 0 Å². The van der Waals surface area contributed by atoms with Crippen molar-refractivity contribution in [1.82, 2.24) is 0 Å². The first kappa shape index (κ1) is 25.3. The summed E-state index contributed by atoms with van der Waals surface area (Å²) in [6.07, 6.45) is 0.837. The fourth-order valence-electron chi connectivity index (χ4n) is 3.63. The van der Waals surface area contributed by atoms with Crippen LogP contribution < -0.4 is 14.8 Å². The predicted molar refractivity (Wildman–Crippen MR) is 136 cm³/mol. The van der Waals surface area contributed by atoms with Gasteiger partial charge in [-0.3, -0.25) is 4.79 Å². The van der Waals surface area contributed by atoms with E-state index in [0.29, 0.717) is 30.2 Å². The average Bonchev–Trinajstić information content (AvgIpc) is 3.14. The number of methoxy groups -OCH3 is 1. The molecule has 6 nitrogen and oxygen atoms in total. The molecule has 0 atom stereocenters. The summed E-state index contributed by atoms with van der Waals surface area (Å²) in [4.78, 5) is 26.2. The van der Waals surface area contributed by atoms with E-state index < -0.39 is 5.97 Å². The van der Waals surface area contributed by atoms with Crippen molar-refractivity contribution in [1.29, 1.82) is 0 Å². The van der Waals surface area contributed by atoms with E-state index in [1.165, 1.54) is 18.4 Å². The molecule has 3 aromatic rings. The van der Waals surface area contributed by atoms with Gasteiger partial charge >= 0.3 is 5.97 Å². The molecule has 0 radical (unpaired) electrons. The smallest absolute Gasteiger partial charge is 0.341 e. The van der Waals surface area contributed by atoms with Gasteiger partial charge in [0.2, 0.25) is 5.91 Å². The lowest BCUT2D eigenvalue weighted by Crippen LogP contribution is -2.15. The number of carbonyl (C=O) groups is 2. The topological polar surface area (TPSA) is 73.9 Å². The highest BCUT2D eigenvalue weighted by atomic mass is 32.1. The van der Waals surface area contributed by atoms with E-state index in [0.717, 1.165) is 38.6 Å². The number of ether oxygens (including phenoxy) is 3. The SMILES string of the molecule is CCOc1ccc(-c2c(C)sc(NC(=O)CCCOc3cc(C)ccc3C)c2C(=O)OC)cc1. The second kappa shape index (κ2) is 11.7. The molecular weight excluding hydrogens is 450 g/mol. The molecule has 0 saturated carbocycles. The molecule has 0 fully saturated rings. The van der Waals surface area contributed by atoms with E-state index in [2.05, 4.69) is 5.32 Å². The molecule has 0 aliphatic rings. The van der Waals surface area contributed by atoms with Gasteiger partial charge in [-0.1, -0.05) is 24.3 Å². The molecule has 3 rings (SSSR count). The van der Waals surface area contributed by atoms with Crippen molar-refractivity contribution < 1.29 is 23.8 Å². The second-order valence-electron chi connectivity index (χ2n) is 7.96. The summed E-state index contributed by atoms with van der Waals surface area (Å²) in [5.41, 5.74) is 4.18. The Balaban J connectivity index is 1.70.